The number of hydrazine groups is 1. The van der Waals surface area contributed by atoms with E-state index >= 15 is 0 Å². The van der Waals surface area contributed by atoms with Crippen LogP contribution in [0.3, 0.4) is 0 Å². The largest absolute Gasteiger partial charge is 0.422 e. The fourth-order valence-corrected chi connectivity index (χ4v) is 2.36. The summed E-state index contributed by atoms with van der Waals surface area (Å²) in [5, 5.41) is 1.61. The lowest BCUT2D eigenvalue weighted by Crippen LogP contribution is -2.07. The van der Waals surface area contributed by atoms with Gasteiger partial charge in [0.2, 0.25) is 0 Å². The van der Waals surface area contributed by atoms with Gasteiger partial charge in [0.25, 0.3) is 0 Å². The highest BCUT2D eigenvalue weighted by Gasteiger charge is 2.10. The monoisotopic (exact) mass is 320 g/mol. The van der Waals surface area contributed by atoms with E-state index in [1.165, 1.54) is 0 Å². The maximum Gasteiger partial charge on any atom is 0.344 e. The standard InChI is InChI=1S/C15H10Cl2N2O2/c16-12-4-2-8(6-13(12)17)11-5-9-1-3-10(19-18)7-14(9)21-15(11)20/h1-7,19H,18H2. The van der Waals surface area contributed by atoms with E-state index < -0.39 is 5.63 Å². The zero-order valence-electron chi connectivity index (χ0n) is 10.7. The minimum atomic E-state index is -0.449. The minimum absolute atomic E-state index is 0.386. The summed E-state index contributed by atoms with van der Waals surface area (Å²) in [6.45, 7) is 0. The van der Waals surface area contributed by atoms with Crippen LogP contribution in [0, 0.1) is 0 Å². The molecule has 0 aliphatic carbocycles. The molecule has 3 rings (SSSR count). The molecule has 0 bridgehead atoms. The highest BCUT2D eigenvalue weighted by atomic mass is 35.5. The molecule has 0 amide bonds. The zero-order chi connectivity index (χ0) is 15.0. The Hall–Kier alpha value is -2.01. The van der Waals surface area contributed by atoms with Crippen LogP contribution in [0.2, 0.25) is 10.0 Å². The molecule has 0 aliphatic heterocycles. The number of nitrogen functional groups attached to an aromatic ring is 1. The number of anilines is 1. The Bertz CT molecular complexity index is 890. The third-order valence-corrected chi connectivity index (χ3v) is 3.87. The number of nitrogens with one attached hydrogen (secondary N) is 1. The first-order valence-corrected chi connectivity index (χ1v) is 6.84. The van der Waals surface area contributed by atoms with E-state index in [0.29, 0.717) is 32.4 Å². The topological polar surface area (TPSA) is 68.3 Å². The van der Waals surface area contributed by atoms with Crippen LogP contribution in [0.1, 0.15) is 0 Å². The molecule has 1 aromatic heterocycles. The van der Waals surface area contributed by atoms with Crippen LogP contribution in [-0.4, -0.2) is 0 Å². The van der Waals surface area contributed by atoms with Gasteiger partial charge in [-0.1, -0.05) is 29.3 Å². The Morgan fingerprint density at radius 1 is 1.00 bits per heavy atom. The van der Waals surface area contributed by atoms with Gasteiger partial charge in [0.1, 0.15) is 5.58 Å². The average Bonchev–Trinajstić information content (AvgIpc) is 2.49. The molecular formula is C15H10Cl2N2O2. The molecule has 0 saturated carbocycles. The Morgan fingerprint density at radius 2 is 1.81 bits per heavy atom. The van der Waals surface area contributed by atoms with Gasteiger partial charge in [0.05, 0.1) is 21.3 Å². The number of hydrogen-bond acceptors (Lipinski definition) is 4. The second-order valence-corrected chi connectivity index (χ2v) is 5.29. The van der Waals surface area contributed by atoms with Gasteiger partial charge in [-0.3, -0.25) is 5.84 Å². The second kappa shape index (κ2) is 5.41. The summed E-state index contributed by atoms with van der Waals surface area (Å²) in [5.41, 5.74) is 4.25. The highest BCUT2D eigenvalue weighted by Crippen LogP contribution is 2.28. The van der Waals surface area contributed by atoms with Gasteiger partial charge < -0.3 is 9.84 Å². The first kappa shape index (κ1) is 13.9. The van der Waals surface area contributed by atoms with E-state index in [4.69, 9.17) is 33.5 Å². The predicted octanol–water partition coefficient (Wildman–Crippen LogP) is 4.05. The van der Waals surface area contributed by atoms with Gasteiger partial charge in [0.15, 0.2) is 0 Å². The Morgan fingerprint density at radius 3 is 2.52 bits per heavy atom. The third-order valence-electron chi connectivity index (χ3n) is 3.13. The summed E-state index contributed by atoms with van der Waals surface area (Å²) >= 11 is 11.9. The number of rotatable bonds is 2. The Labute approximate surface area is 130 Å². The van der Waals surface area contributed by atoms with Crippen molar-refractivity contribution in [3.63, 3.8) is 0 Å². The van der Waals surface area contributed by atoms with Crippen LogP contribution in [0.15, 0.2) is 51.7 Å². The molecule has 0 saturated heterocycles. The summed E-state index contributed by atoms with van der Waals surface area (Å²) in [7, 11) is 0. The number of benzene rings is 2. The quantitative estimate of drug-likeness (QED) is 0.424. The maximum atomic E-state index is 12.1. The van der Waals surface area contributed by atoms with Crippen molar-refractivity contribution < 1.29 is 4.42 Å². The van der Waals surface area contributed by atoms with E-state index in [0.717, 1.165) is 5.39 Å². The minimum Gasteiger partial charge on any atom is -0.422 e. The van der Waals surface area contributed by atoms with Crippen molar-refractivity contribution in [1.82, 2.24) is 0 Å². The number of halogens is 2. The SMILES string of the molecule is NNc1ccc2cc(-c3ccc(Cl)c(Cl)c3)c(=O)oc2c1. The van der Waals surface area contributed by atoms with Gasteiger partial charge >= 0.3 is 5.63 Å². The first-order chi connectivity index (χ1) is 10.1. The Kier molecular flexibility index (Phi) is 3.59. The number of hydrogen-bond donors (Lipinski definition) is 2. The molecule has 21 heavy (non-hydrogen) atoms. The van der Waals surface area contributed by atoms with Crippen molar-refractivity contribution >= 4 is 39.9 Å². The molecule has 3 aromatic rings. The van der Waals surface area contributed by atoms with Gasteiger partial charge in [-0.25, -0.2) is 4.79 Å². The van der Waals surface area contributed by atoms with E-state index in [-0.39, 0.29) is 0 Å². The van der Waals surface area contributed by atoms with Crippen LogP contribution in [0.5, 0.6) is 0 Å². The van der Waals surface area contributed by atoms with Gasteiger partial charge in [-0.05, 0) is 35.9 Å². The summed E-state index contributed by atoms with van der Waals surface area (Å²) in [6.07, 6.45) is 0. The van der Waals surface area contributed by atoms with Gasteiger partial charge in [-0.15, -0.1) is 0 Å². The molecule has 3 N–H and O–H groups in total. The molecule has 6 heteroatoms. The normalized spacial score (nSPS) is 10.8. The van der Waals surface area contributed by atoms with E-state index in [2.05, 4.69) is 5.43 Å². The van der Waals surface area contributed by atoms with Gasteiger partial charge in [-0.2, -0.15) is 0 Å². The van der Waals surface area contributed by atoms with Crippen molar-refractivity contribution in [2.24, 2.45) is 5.84 Å². The number of nitrogens with two attached hydrogens (primary N) is 1. The smallest absolute Gasteiger partial charge is 0.344 e. The molecule has 1 heterocycles. The molecule has 0 aliphatic rings. The van der Waals surface area contributed by atoms with Crippen LogP contribution in [-0.2, 0) is 0 Å². The van der Waals surface area contributed by atoms with Crippen molar-refractivity contribution in [2.75, 3.05) is 5.43 Å². The molecule has 0 atom stereocenters. The lowest BCUT2D eigenvalue weighted by Gasteiger charge is -2.05. The lowest BCUT2D eigenvalue weighted by atomic mass is 10.1. The number of fused-ring (bicyclic) bond motifs is 1. The van der Waals surface area contributed by atoms with Crippen molar-refractivity contribution in [2.45, 2.75) is 0 Å². The van der Waals surface area contributed by atoms with Crippen LogP contribution >= 0.6 is 23.2 Å². The maximum absolute atomic E-state index is 12.1. The van der Waals surface area contributed by atoms with E-state index in [1.54, 1.807) is 36.4 Å². The fraction of sp³-hybridized carbons (Fsp3) is 0. The van der Waals surface area contributed by atoms with E-state index in [9.17, 15) is 4.79 Å². The predicted molar refractivity (Wildman–Crippen MR) is 85.8 cm³/mol. The van der Waals surface area contributed by atoms with Crippen LogP contribution < -0.4 is 16.9 Å². The first-order valence-electron chi connectivity index (χ1n) is 6.08. The molecule has 0 radical (unpaired) electrons. The zero-order valence-corrected chi connectivity index (χ0v) is 12.2. The third kappa shape index (κ3) is 2.61. The van der Waals surface area contributed by atoms with Crippen LogP contribution in [0.4, 0.5) is 5.69 Å². The molecule has 0 spiro atoms. The van der Waals surface area contributed by atoms with Crippen molar-refractivity contribution in [1.29, 1.82) is 0 Å². The molecule has 0 fully saturated rings. The summed E-state index contributed by atoms with van der Waals surface area (Å²) in [5.74, 6) is 5.33. The summed E-state index contributed by atoms with van der Waals surface area (Å²) in [4.78, 5) is 12.1. The molecular weight excluding hydrogens is 311 g/mol. The summed E-state index contributed by atoms with van der Waals surface area (Å²) in [6, 6.07) is 12.0. The molecule has 106 valence electrons. The fourth-order valence-electron chi connectivity index (χ4n) is 2.07. The molecule has 4 nitrogen and oxygen atoms in total. The lowest BCUT2D eigenvalue weighted by molar-refractivity contribution is 0.563. The van der Waals surface area contributed by atoms with Crippen LogP contribution in [0.25, 0.3) is 22.1 Å². The summed E-state index contributed by atoms with van der Waals surface area (Å²) < 4.78 is 5.33. The average molecular weight is 321 g/mol. The second-order valence-electron chi connectivity index (χ2n) is 4.47. The highest BCUT2D eigenvalue weighted by molar-refractivity contribution is 6.42. The molecule has 0 unspecified atom stereocenters. The molecule has 2 aromatic carbocycles. The van der Waals surface area contributed by atoms with Gasteiger partial charge in [0, 0.05) is 11.5 Å². The van der Waals surface area contributed by atoms with E-state index in [1.807, 2.05) is 6.07 Å². The Balaban J connectivity index is 2.21. The van der Waals surface area contributed by atoms with Crippen molar-refractivity contribution in [3.05, 3.63) is 62.9 Å². The van der Waals surface area contributed by atoms with Crippen molar-refractivity contribution in [3.8, 4) is 11.1 Å².